The van der Waals surface area contributed by atoms with Crippen LogP contribution in [0.2, 0.25) is 10.0 Å². The molecule has 0 saturated heterocycles. The molecule has 2 aromatic rings. The van der Waals surface area contributed by atoms with Gasteiger partial charge >= 0.3 is 0 Å². The van der Waals surface area contributed by atoms with E-state index in [1.807, 2.05) is 6.07 Å². The molecule has 28 heavy (non-hydrogen) atoms. The molecule has 2 rings (SSSR count). The summed E-state index contributed by atoms with van der Waals surface area (Å²) in [6.45, 7) is 5.32. The number of benzene rings is 2. The quantitative estimate of drug-likeness (QED) is 0.613. The molecule has 0 bridgehead atoms. The summed E-state index contributed by atoms with van der Waals surface area (Å²) < 4.78 is 27.2. The number of carbonyl (C=O) groups is 1. The third kappa shape index (κ3) is 7.29. The van der Waals surface area contributed by atoms with E-state index in [9.17, 15) is 13.2 Å². The lowest BCUT2D eigenvalue weighted by Gasteiger charge is -2.20. The predicted molar refractivity (Wildman–Crippen MR) is 118 cm³/mol. The van der Waals surface area contributed by atoms with Crippen molar-refractivity contribution in [3.63, 3.8) is 0 Å². The van der Waals surface area contributed by atoms with E-state index < -0.39 is 15.6 Å². The van der Waals surface area contributed by atoms with Crippen molar-refractivity contribution in [1.82, 2.24) is 4.72 Å². The van der Waals surface area contributed by atoms with E-state index in [0.717, 1.165) is 5.56 Å². The van der Waals surface area contributed by atoms with Crippen molar-refractivity contribution < 1.29 is 13.2 Å². The zero-order valence-corrected chi connectivity index (χ0v) is 18.9. The Hall–Kier alpha value is -1.25. The number of hydrogen-bond acceptors (Lipinski definition) is 4. The monoisotopic (exact) mass is 460 g/mol. The summed E-state index contributed by atoms with van der Waals surface area (Å²) in [5.41, 5.74) is 0.944. The van der Waals surface area contributed by atoms with Crippen LogP contribution >= 0.6 is 35.0 Å². The molecule has 2 N–H and O–H groups in total. The van der Waals surface area contributed by atoms with E-state index in [4.69, 9.17) is 23.2 Å². The number of halogens is 2. The van der Waals surface area contributed by atoms with Crippen molar-refractivity contribution >= 4 is 56.6 Å². The zero-order valence-electron chi connectivity index (χ0n) is 15.8. The van der Waals surface area contributed by atoms with Crippen LogP contribution in [-0.2, 0) is 20.6 Å². The maximum Gasteiger partial charge on any atom is 0.241 e. The van der Waals surface area contributed by atoms with Gasteiger partial charge in [-0.25, -0.2) is 13.1 Å². The van der Waals surface area contributed by atoms with Gasteiger partial charge in [0.2, 0.25) is 15.9 Å². The van der Waals surface area contributed by atoms with E-state index in [2.05, 4.69) is 10.0 Å². The summed E-state index contributed by atoms with van der Waals surface area (Å²) in [4.78, 5) is 12.2. The number of hydrogen-bond donors (Lipinski definition) is 2. The SMILES string of the molecule is CC(C)(C)NS(=O)(=O)c1ccc(NC(=O)CSCc2ccc(Cl)c(Cl)c2)cc1. The minimum atomic E-state index is -3.60. The van der Waals surface area contributed by atoms with Crippen molar-refractivity contribution in [2.75, 3.05) is 11.1 Å². The Bertz CT molecular complexity index is 941. The van der Waals surface area contributed by atoms with Crippen molar-refractivity contribution in [2.24, 2.45) is 0 Å². The molecule has 0 aromatic heterocycles. The highest BCUT2D eigenvalue weighted by Gasteiger charge is 2.21. The molecule has 0 aliphatic heterocycles. The van der Waals surface area contributed by atoms with E-state index in [1.165, 1.54) is 23.9 Å². The highest BCUT2D eigenvalue weighted by molar-refractivity contribution is 7.99. The first-order chi connectivity index (χ1) is 13.0. The number of nitrogens with one attached hydrogen (secondary N) is 2. The molecule has 0 unspecified atom stereocenters. The van der Waals surface area contributed by atoms with Crippen LogP contribution in [-0.4, -0.2) is 25.6 Å². The lowest BCUT2D eigenvalue weighted by Crippen LogP contribution is -2.40. The van der Waals surface area contributed by atoms with Crippen LogP contribution in [0.4, 0.5) is 5.69 Å². The van der Waals surface area contributed by atoms with Gasteiger partial charge in [-0.1, -0.05) is 29.3 Å². The van der Waals surface area contributed by atoms with E-state index in [0.29, 0.717) is 21.5 Å². The minimum absolute atomic E-state index is 0.148. The van der Waals surface area contributed by atoms with Gasteiger partial charge in [0.1, 0.15) is 0 Å². The van der Waals surface area contributed by atoms with Gasteiger partial charge in [-0.3, -0.25) is 4.79 Å². The molecule has 2 aromatic carbocycles. The maximum absolute atomic E-state index is 12.3. The van der Waals surface area contributed by atoms with Crippen molar-refractivity contribution in [3.8, 4) is 0 Å². The molecule has 5 nitrogen and oxygen atoms in total. The summed E-state index contributed by atoms with van der Waals surface area (Å²) in [6.07, 6.45) is 0. The molecule has 0 saturated carbocycles. The normalized spacial score (nSPS) is 12.0. The van der Waals surface area contributed by atoms with E-state index in [-0.39, 0.29) is 16.6 Å². The Morgan fingerprint density at radius 1 is 1.04 bits per heavy atom. The van der Waals surface area contributed by atoms with Crippen molar-refractivity contribution in [1.29, 1.82) is 0 Å². The van der Waals surface area contributed by atoms with Crippen molar-refractivity contribution in [2.45, 2.75) is 37.0 Å². The van der Waals surface area contributed by atoms with E-state index in [1.54, 1.807) is 45.0 Å². The van der Waals surface area contributed by atoms with Crippen LogP contribution in [0.15, 0.2) is 47.4 Å². The average Bonchev–Trinajstić information content (AvgIpc) is 2.56. The van der Waals surface area contributed by atoms with Crippen molar-refractivity contribution in [3.05, 3.63) is 58.1 Å². The van der Waals surface area contributed by atoms with Crippen LogP contribution in [0, 0.1) is 0 Å². The molecule has 152 valence electrons. The average molecular weight is 461 g/mol. The smallest absolute Gasteiger partial charge is 0.241 e. The fourth-order valence-corrected chi connectivity index (χ4v) is 4.78. The van der Waals surface area contributed by atoms with E-state index >= 15 is 0 Å². The summed E-state index contributed by atoms with van der Waals surface area (Å²) >= 11 is 13.3. The fourth-order valence-electron chi connectivity index (χ4n) is 2.27. The van der Waals surface area contributed by atoms with Crippen LogP contribution in [0.3, 0.4) is 0 Å². The van der Waals surface area contributed by atoms with Crippen LogP contribution in [0.5, 0.6) is 0 Å². The molecule has 0 radical (unpaired) electrons. The largest absolute Gasteiger partial charge is 0.325 e. The number of amides is 1. The van der Waals surface area contributed by atoms with Gasteiger partial charge in [-0.15, -0.1) is 11.8 Å². The second kappa shape index (κ2) is 9.50. The zero-order chi connectivity index (χ0) is 20.9. The molecule has 0 fully saturated rings. The van der Waals surface area contributed by atoms with Crippen LogP contribution in [0.25, 0.3) is 0 Å². The Kier molecular flexibility index (Phi) is 7.81. The topological polar surface area (TPSA) is 75.3 Å². The predicted octanol–water partition coefficient (Wildman–Crippen LogP) is 4.94. The Labute approximate surface area is 180 Å². The van der Waals surface area contributed by atoms with Gasteiger partial charge in [0, 0.05) is 17.0 Å². The molecular weight excluding hydrogens is 439 g/mol. The minimum Gasteiger partial charge on any atom is -0.325 e. The third-order valence-corrected chi connectivity index (χ3v) is 6.89. The maximum atomic E-state index is 12.3. The van der Waals surface area contributed by atoms with Crippen LogP contribution in [0.1, 0.15) is 26.3 Å². The lowest BCUT2D eigenvalue weighted by molar-refractivity contribution is -0.113. The fraction of sp³-hybridized carbons (Fsp3) is 0.316. The number of thioether (sulfide) groups is 1. The second-order valence-corrected chi connectivity index (χ2v) is 10.7. The molecule has 0 aliphatic carbocycles. The first-order valence-electron chi connectivity index (χ1n) is 8.42. The van der Waals surface area contributed by atoms with Gasteiger partial charge in [-0.05, 0) is 62.7 Å². The summed E-state index contributed by atoms with van der Waals surface area (Å²) in [5, 5.41) is 3.74. The summed E-state index contributed by atoms with van der Waals surface area (Å²) in [7, 11) is -3.60. The van der Waals surface area contributed by atoms with Gasteiger partial charge in [-0.2, -0.15) is 0 Å². The molecule has 0 aliphatic rings. The van der Waals surface area contributed by atoms with Gasteiger partial charge in [0.05, 0.1) is 20.7 Å². The number of rotatable bonds is 7. The highest BCUT2D eigenvalue weighted by Crippen LogP contribution is 2.24. The Morgan fingerprint density at radius 3 is 2.25 bits per heavy atom. The molecule has 1 amide bonds. The molecule has 9 heteroatoms. The number of carbonyl (C=O) groups excluding carboxylic acids is 1. The Balaban J connectivity index is 1.87. The summed E-state index contributed by atoms with van der Waals surface area (Å²) in [5.74, 6) is 0.708. The number of sulfonamides is 1. The first-order valence-corrected chi connectivity index (χ1v) is 11.8. The van der Waals surface area contributed by atoms with Gasteiger partial charge in [0.15, 0.2) is 0 Å². The van der Waals surface area contributed by atoms with Gasteiger partial charge < -0.3 is 5.32 Å². The second-order valence-electron chi connectivity index (χ2n) is 7.17. The standard InChI is InChI=1S/C19H22Cl2N2O3S2/c1-19(2,3)23-28(25,26)15-7-5-14(6-8-15)22-18(24)12-27-11-13-4-9-16(20)17(21)10-13/h4-10,23H,11-12H2,1-3H3,(H,22,24). The van der Waals surface area contributed by atoms with Crippen LogP contribution < -0.4 is 10.0 Å². The molecule has 0 heterocycles. The summed E-state index contributed by atoms with van der Waals surface area (Å²) in [6, 6.07) is 11.4. The third-order valence-electron chi connectivity index (χ3n) is 3.37. The first kappa shape index (κ1) is 23.0. The number of anilines is 1. The molecular formula is C19H22Cl2N2O3S2. The van der Waals surface area contributed by atoms with Gasteiger partial charge in [0.25, 0.3) is 0 Å². The molecule has 0 spiro atoms. The Morgan fingerprint density at radius 2 is 1.68 bits per heavy atom. The molecule has 0 atom stereocenters. The highest BCUT2D eigenvalue weighted by atomic mass is 35.5. The lowest BCUT2D eigenvalue weighted by atomic mass is 10.1.